The molecule has 0 aliphatic carbocycles. The zero-order valence-corrected chi connectivity index (χ0v) is 15.7. The molecule has 0 atom stereocenters. The minimum absolute atomic E-state index is 0.0743. The summed E-state index contributed by atoms with van der Waals surface area (Å²) < 4.78 is 3.33. The summed E-state index contributed by atoms with van der Waals surface area (Å²) in [5.41, 5.74) is 3.85. The van der Waals surface area contributed by atoms with Gasteiger partial charge in [0.05, 0.1) is 23.8 Å². The summed E-state index contributed by atoms with van der Waals surface area (Å²) in [6.45, 7) is 7.13. The van der Waals surface area contributed by atoms with Crippen LogP contribution in [0.4, 0.5) is 5.82 Å². The number of fused-ring (bicyclic) bond motifs is 2. The molecule has 27 heavy (non-hydrogen) atoms. The predicted molar refractivity (Wildman–Crippen MR) is 106 cm³/mol. The Balaban J connectivity index is 1.60. The van der Waals surface area contributed by atoms with Crippen molar-refractivity contribution in [2.45, 2.75) is 33.7 Å². The highest BCUT2D eigenvalue weighted by atomic mass is 16.1. The SMILES string of the molecule is CCc1cc(NCCn2ncc3ccccc3c2=O)n2nc(C)c(C)c2n1. The standard InChI is InChI=1S/C20H22N6O/c1-4-16-11-18(26-19(23-16)13(2)14(3)24-26)21-9-10-25-20(27)17-8-6-5-7-15(17)12-22-25/h5-8,11-12,21H,4,9-10H2,1-3H3. The zero-order valence-electron chi connectivity index (χ0n) is 15.7. The second-order valence-corrected chi connectivity index (χ2v) is 6.62. The number of hydrogen-bond acceptors (Lipinski definition) is 5. The van der Waals surface area contributed by atoms with Crippen LogP contribution in [-0.2, 0) is 13.0 Å². The molecule has 0 saturated carbocycles. The minimum Gasteiger partial charge on any atom is -0.368 e. The molecule has 0 fully saturated rings. The lowest BCUT2D eigenvalue weighted by Gasteiger charge is -2.11. The van der Waals surface area contributed by atoms with Crippen molar-refractivity contribution in [1.82, 2.24) is 24.4 Å². The van der Waals surface area contributed by atoms with Crippen molar-refractivity contribution in [3.63, 3.8) is 0 Å². The van der Waals surface area contributed by atoms with Crippen molar-refractivity contribution in [2.75, 3.05) is 11.9 Å². The third kappa shape index (κ3) is 3.05. The number of nitrogens with one attached hydrogen (secondary N) is 1. The van der Waals surface area contributed by atoms with Gasteiger partial charge in [-0.25, -0.2) is 9.67 Å². The van der Waals surface area contributed by atoms with Crippen LogP contribution < -0.4 is 10.9 Å². The van der Waals surface area contributed by atoms with Crippen LogP contribution in [0.25, 0.3) is 16.4 Å². The van der Waals surface area contributed by atoms with Crippen LogP contribution in [0.15, 0.2) is 41.3 Å². The second kappa shape index (κ2) is 6.83. The maximum Gasteiger partial charge on any atom is 0.274 e. The molecule has 0 amide bonds. The largest absolute Gasteiger partial charge is 0.368 e. The molecule has 1 aromatic carbocycles. The second-order valence-electron chi connectivity index (χ2n) is 6.62. The maximum atomic E-state index is 12.6. The van der Waals surface area contributed by atoms with Gasteiger partial charge in [-0.2, -0.15) is 14.7 Å². The number of aromatic nitrogens is 5. The predicted octanol–water partition coefficient (Wildman–Crippen LogP) is 2.73. The zero-order chi connectivity index (χ0) is 19.0. The van der Waals surface area contributed by atoms with Crippen molar-refractivity contribution in [3.8, 4) is 0 Å². The monoisotopic (exact) mass is 362 g/mol. The first kappa shape index (κ1) is 17.2. The van der Waals surface area contributed by atoms with E-state index in [1.807, 2.05) is 48.7 Å². The highest BCUT2D eigenvalue weighted by Gasteiger charge is 2.12. The van der Waals surface area contributed by atoms with Gasteiger partial charge in [-0.05, 0) is 26.3 Å². The molecule has 0 aliphatic rings. The highest BCUT2D eigenvalue weighted by molar-refractivity contribution is 5.80. The Hall–Kier alpha value is -3.22. The van der Waals surface area contributed by atoms with Gasteiger partial charge in [-0.1, -0.05) is 25.1 Å². The summed E-state index contributed by atoms with van der Waals surface area (Å²) >= 11 is 0. The van der Waals surface area contributed by atoms with E-state index in [0.717, 1.165) is 40.2 Å². The van der Waals surface area contributed by atoms with Crippen LogP contribution in [0, 0.1) is 13.8 Å². The lowest BCUT2D eigenvalue weighted by Crippen LogP contribution is -2.26. The molecule has 0 radical (unpaired) electrons. The molecule has 138 valence electrons. The molecule has 0 saturated heterocycles. The van der Waals surface area contributed by atoms with E-state index in [2.05, 4.69) is 27.4 Å². The quantitative estimate of drug-likeness (QED) is 0.591. The average molecular weight is 362 g/mol. The van der Waals surface area contributed by atoms with Gasteiger partial charge in [0.2, 0.25) is 0 Å². The Bertz CT molecular complexity index is 1190. The van der Waals surface area contributed by atoms with Crippen LogP contribution in [0.2, 0.25) is 0 Å². The first-order valence-corrected chi connectivity index (χ1v) is 9.13. The van der Waals surface area contributed by atoms with Gasteiger partial charge in [0.15, 0.2) is 5.65 Å². The molecule has 1 N–H and O–H groups in total. The molecule has 3 heterocycles. The first-order valence-electron chi connectivity index (χ1n) is 9.13. The van der Waals surface area contributed by atoms with E-state index >= 15 is 0 Å². The Morgan fingerprint density at radius 2 is 2.00 bits per heavy atom. The number of nitrogens with zero attached hydrogens (tertiary/aromatic N) is 5. The van der Waals surface area contributed by atoms with Crippen molar-refractivity contribution in [2.24, 2.45) is 0 Å². The molecule has 3 aromatic heterocycles. The highest BCUT2D eigenvalue weighted by Crippen LogP contribution is 2.18. The number of anilines is 1. The Labute approximate surface area is 156 Å². The van der Waals surface area contributed by atoms with Crippen LogP contribution >= 0.6 is 0 Å². The number of rotatable bonds is 5. The third-order valence-electron chi connectivity index (χ3n) is 4.86. The van der Waals surface area contributed by atoms with Crippen molar-refractivity contribution >= 4 is 22.2 Å². The number of hydrogen-bond donors (Lipinski definition) is 1. The summed E-state index contributed by atoms with van der Waals surface area (Å²) in [5, 5.41) is 13.8. The van der Waals surface area contributed by atoms with Gasteiger partial charge in [0.25, 0.3) is 5.56 Å². The van der Waals surface area contributed by atoms with Gasteiger partial charge < -0.3 is 5.32 Å². The Kier molecular flexibility index (Phi) is 4.35. The Morgan fingerprint density at radius 1 is 1.19 bits per heavy atom. The maximum absolute atomic E-state index is 12.6. The lowest BCUT2D eigenvalue weighted by molar-refractivity contribution is 0.603. The average Bonchev–Trinajstić information content (AvgIpc) is 2.98. The fraction of sp³-hybridized carbons (Fsp3) is 0.300. The molecule has 0 spiro atoms. The normalized spacial score (nSPS) is 11.4. The van der Waals surface area contributed by atoms with Gasteiger partial charge in [0.1, 0.15) is 5.82 Å². The molecule has 0 unspecified atom stereocenters. The molecule has 7 nitrogen and oxygen atoms in total. The van der Waals surface area contributed by atoms with E-state index in [0.29, 0.717) is 18.5 Å². The molecular weight excluding hydrogens is 340 g/mol. The molecule has 7 heteroatoms. The fourth-order valence-electron chi connectivity index (χ4n) is 3.16. The molecule has 0 aliphatic heterocycles. The summed E-state index contributed by atoms with van der Waals surface area (Å²) in [6.07, 6.45) is 2.58. The van der Waals surface area contributed by atoms with Crippen LogP contribution in [0.5, 0.6) is 0 Å². The van der Waals surface area contributed by atoms with Crippen molar-refractivity contribution < 1.29 is 0 Å². The van der Waals surface area contributed by atoms with Crippen molar-refractivity contribution in [3.05, 3.63) is 63.8 Å². The Morgan fingerprint density at radius 3 is 2.81 bits per heavy atom. The number of benzene rings is 1. The summed E-state index contributed by atoms with van der Waals surface area (Å²) in [7, 11) is 0. The van der Waals surface area contributed by atoms with Gasteiger partial charge in [-0.3, -0.25) is 4.79 Å². The van der Waals surface area contributed by atoms with Crippen LogP contribution in [0.3, 0.4) is 0 Å². The van der Waals surface area contributed by atoms with E-state index in [9.17, 15) is 4.79 Å². The molecular formula is C20H22N6O. The molecule has 4 rings (SSSR count). The van der Waals surface area contributed by atoms with Crippen LogP contribution in [-0.4, -0.2) is 30.9 Å². The third-order valence-corrected chi connectivity index (χ3v) is 4.86. The van der Waals surface area contributed by atoms with E-state index in [4.69, 9.17) is 0 Å². The smallest absolute Gasteiger partial charge is 0.274 e. The summed E-state index contributed by atoms with van der Waals surface area (Å²) in [5.74, 6) is 0.877. The summed E-state index contributed by atoms with van der Waals surface area (Å²) in [6, 6.07) is 9.51. The van der Waals surface area contributed by atoms with E-state index in [1.165, 1.54) is 4.68 Å². The summed E-state index contributed by atoms with van der Waals surface area (Å²) in [4.78, 5) is 17.3. The topological polar surface area (TPSA) is 77.1 Å². The lowest BCUT2D eigenvalue weighted by atomic mass is 10.2. The van der Waals surface area contributed by atoms with Gasteiger partial charge >= 0.3 is 0 Å². The van der Waals surface area contributed by atoms with Crippen LogP contribution in [0.1, 0.15) is 23.9 Å². The first-order chi connectivity index (χ1) is 13.1. The molecule has 0 bridgehead atoms. The van der Waals surface area contributed by atoms with E-state index < -0.39 is 0 Å². The number of aryl methyl sites for hydroxylation is 3. The van der Waals surface area contributed by atoms with E-state index in [-0.39, 0.29) is 5.56 Å². The van der Waals surface area contributed by atoms with E-state index in [1.54, 1.807) is 6.20 Å². The van der Waals surface area contributed by atoms with Crippen molar-refractivity contribution in [1.29, 1.82) is 0 Å². The van der Waals surface area contributed by atoms with Gasteiger partial charge in [-0.15, -0.1) is 0 Å². The fourth-order valence-corrected chi connectivity index (χ4v) is 3.16. The van der Waals surface area contributed by atoms with Gasteiger partial charge in [0, 0.05) is 29.3 Å². The minimum atomic E-state index is -0.0743. The molecule has 4 aromatic rings.